The molecule has 0 radical (unpaired) electrons. The average molecular weight is 319 g/mol. The van der Waals surface area contributed by atoms with Gasteiger partial charge in [-0.1, -0.05) is 0 Å². The minimum atomic E-state index is -0.375. The molecule has 0 atom stereocenters. The van der Waals surface area contributed by atoms with Crippen molar-refractivity contribution in [1.82, 2.24) is 10.6 Å². The molecular weight excluding hydrogens is 303 g/mol. The minimum Gasteiger partial charge on any atom is -0.383 e. The second kappa shape index (κ2) is 8.18. The van der Waals surface area contributed by atoms with Gasteiger partial charge >= 0.3 is 0 Å². The van der Waals surface area contributed by atoms with Gasteiger partial charge in [0.25, 0.3) is 5.91 Å². The van der Waals surface area contributed by atoms with Crippen LogP contribution in [0.2, 0.25) is 0 Å². The Labute approximate surface area is 114 Å². The van der Waals surface area contributed by atoms with E-state index in [2.05, 4.69) is 26.6 Å². The highest BCUT2D eigenvalue weighted by atomic mass is 79.9. The Morgan fingerprint density at radius 1 is 1.39 bits per heavy atom. The highest BCUT2D eigenvalue weighted by Gasteiger charge is 2.09. The summed E-state index contributed by atoms with van der Waals surface area (Å²) in [6, 6.07) is 3.98. The lowest BCUT2D eigenvalue weighted by molar-refractivity contribution is 0.0953. The summed E-state index contributed by atoms with van der Waals surface area (Å²) < 4.78 is 18.2. The molecule has 18 heavy (non-hydrogen) atoms. The van der Waals surface area contributed by atoms with Gasteiger partial charge in [-0.25, -0.2) is 4.39 Å². The first-order chi connectivity index (χ1) is 8.65. The van der Waals surface area contributed by atoms with Gasteiger partial charge < -0.3 is 15.4 Å². The summed E-state index contributed by atoms with van der Waals surface area (Å²) in [6.07, 6.45) is 0. The number of halogens is 2. The Bertz CT molecular complexity index is 402. The van der Waals surface area contributed by atoms with Crippen LogP contribution in [0.4, 0.5) is 4.39 Å². The van der Waals surface area contributed by atoms with Gasteiger partial charge in [0.1, 0.15) is 5.82 Å². The first-order valence-corrected chi connectivity index (χ1v) is 6.37. The number of nitrogens with one attached hydrogen (secondary N) is 2. The predicted octanol–water partition coefficient (Wildman–Crippen LogP) is 1.55. The Balaban J connectivity index is 2.32. The Hall–Kier alpha value is -0.980. The van der Waals surface area contributed by atoms with Crippen molar-refractivity contribution in [2.24, 2.45) is 0 Å². The number of carbonyl (C=O) groups is 1. The summed E-state index contributed by atoms with van der Waals surface area (Å²) in [6.45, 7) is 2.55. The van der Waals surface area contributed by atoms with Gasteiger partial charge in [-0.3, -0.25) is 4.79 Å². The maximum Gasteiger partial charge on any atom is 0.252 e. The lowest BCUT2D eigenvalue weighted by atomic mass is 10.2. The molecule has 100 valence electrons. The third-order valence-electron chi connectivity index (χ3n) is 2.25. The van der Waals surface area contributed by atoms with E-state index in [1.807, 2.05) is 0 Å². The number of benzene rings is 1. The van der Waals surface area contributed by atoms with E-state index in [0.717, 1.165) is 6.54 Å². The van der Waals surface area contributed by atoms with Crippen LogP contribution in [0.15, 0.2) is 22.7 Å². The molecule has 1 rings (SSSR count). The van der Waals surface area contributed by atoms with Gasteiger partial charge in [0.15, 0.2) is 0 Å². The average Bonchev–Trinajstić information content (AvgIpc) is 2.33. The smallest absolute Gasteiger partial charge is 0.252 e. The first kappa shape index (κ1) is 15.1. The van der Waals surface area contributed by atoms with Crippen LogP contribution in [0.3, 0.4) is 0 Å². The number of amides is 1. The van der Waals surface area contributed by atoms with Gasteiger partial charge in [-0.2, -0.15) is 0 Å². The largest absolute Gasteiger partial charge is 0.383 e. The highest BCUT2D eigenvalue weighted by Crippen LogP contribution is 2.17. The number of carbonyl (C=O) groups excluding carboxylic acids is 1. The molecular formula is C12H16BrFN2O2. The van der Waals surface area contributed by atoms with Crippen LogP contribution in [0, 0.1) is 5.82 Å². The summed E-state index contributed by atoms with van der Waals surface area (Å²) in [4.78, 5) is 11.7. The van der Waals surface area contributed by atoms with Crippen molar-refractivity contribution >= 4 is 21.8 Å². The van der Waals surface area contributed by atoms with Gasteiger partial charge in [0, 0.05) is 31.2 Å². The molecule has 4 nitrogen and oxygen atoms in total. The maximum atomic E-state index is 12.9. The summed E-state index contributed by atoms with van der Waals surface area (Å²) in [5.41, 5.74) is 0.424. The molecule has 0 aromatic heterocycles. The molecule has 0 saturated carbocycles. The maximum absolute atomic E-state index is 12.9. The second-order valence-electron chi connectivity index (χ2n) is 3.62. The van der Waals surface area contributed by atoms with Crippen LogP contribution < -0.4 is 10.6 Å². The van der Waals surface area contributed by atoms with E-state index in [9.17, 15) is 9.18 Å². The van der Waals surface area contributed by atoms with Crippen molar-refractivity contribution < 1.29 is 13.9 Å². The van der Waals surface area contributed by atoms with Crippen LogP contribution in [-0.2, 0) is 4.74 Å². The standard InChI is InChI=1S/C12H16BrFN2O2/c1-18-7-6-15-4-5-16-12(17)10-3-2-9(14)8-11(10)13/h2-3,8,15H,4-7H2,1H3,(H,16,17). The zero-order valence-corrected chi connectivity index (χ0v) is 11.7. The van der Waals surface area contributed by atoms with E-state index in [4.69, 9.17) is 4.74 Å². The molecule has 1 aromatic carbocycles. The molecule has 0 heterocycles. The summed E-state index contributed by atoms with van der Waals surface area (Å²) in [5, 5.41) is 5.85. The van der Waals surface area contributed by atoms with E-state index < -0.39 is 0 Å². The normalized spacial score (nSPS) is 10.4. The number of rotatable bonds is 7. The van der Waals surface area contributed by atoms with Gasteiger partial charge in [-0.15, -0.1) is 0 Å². The topological polar surface area (TPSA) is 50.4 Å². The van der Waals surface area contributed by atoms with Crippen LogP contribution in [0.25, 0.3) is 0 Å². The summed E-state index contributed by atoms with van der Waals surface area (Å²) >= 11 is 3.16. The molecule has 0 spiro atoms. The molecule has 0 saturated heterocycles. The molecule has 1 aromatic rings. The molecule has 6 heteroatoms. The highest BCUT2D eigenvalue weighted by molar-refractivity contribution is 9.10. The lowest BCUT2D eigenvalue weighted by Crippen LogP contribution is -2.33. The molecule has 0 unspecified atom stereocenters. The van der Waals surface area contributed by atoms with Crippen molar-refractivity contribution in [1.29, 1.82) is 0 Å². The van der Waals surface area contributed by atoms with Crippen molar-refractivity contribution in [2.45, 2.75) is 0 Å². The van der Waals surface area contributed by atoms with E-state index in [1.165, 1.54) is 18.2 Å². The van der Waals surface area contributed by atoms with Gasteiger partial charge in [0.2, 0.25) is 0 Å². The van der Waals surface area contributed by atoms with Crippen molar-refractivity contribution in [3.63, 3.8) is 0 Å². The third-order valence-corrected chi connectivity index (χ3v) is 2.90. The fraction of sp³-hybridized carbons (Fsp3) is 0.417. The van der Waals surface area contributed by atoms with Gasteiger partial charge in [-0.05, 0) is 34.1 Å². The molecule has 0 aliphatic carbocycles. The molecule has 1 amide bonds. The van der Waals surface area contributed by atoms with Crippen molar-refractivity contribution in [2.75, 3.05) is 33.4 Å². The fourth-order valence-electron chi connectivity index (χ4n) is 1.33. The molecule has 0 aliphatic heterocycles. The van der Waals surface area contributed by atoms with Crippen LogP contribution >= 0.6 is 15.9 Å². The fourth-order valence-corrected chi connectivity index (χ4v) is 1.86. The zero-order chi connectivity index (χ0) is 13.4. The minimum absolute atomic E-state index is 0.226. The van der Waals surface area contributed by atoms with Crippen LogP contribution in [0.5, 0.6) is 0 Å². The Morgan fingerprint density at radius 2 is 2.17 bits per heavy atom. The monoisotopic (exact) mass is 318 g/mol. The van der Waals surface area contributed by atoms with Crippen LogP contribution in [0.1, 0.15) is 10.4 Å². The van der Waals surface area contributed by atoms with Crippen molar-refractivity contribution in [3.8, 4) is 0 Å². The second-order valence-corrected chi connectivity index (χ2v) is 4.48. The summed E-state index contributed by atoms with van der Waals surface area (Å²) in [7, 11) is 1.63. The zero-order valence-electron chi connectivity index (χ0n) is 10.1. The quantitative estimate of drug-likeness (QED) is 0.750. The number of methoxy groups -OCH3 is 1. The van der Waals surface area contributed by atoms with E-state index in [0.29, 0.717) is 29.7 Å². The number of hydrogen-bond acceptors (Lipinski definition) is 3. The van der Waals surface area contributed by atoms with Gasteiger partial charge in [0.05, 0.1) is 12.2 Å². The number of hydrogen-bond donors (Lipinski definition) is 2. The SMILES string of the molecule is COCCNCCNC(=O)c1ccc(F)cc1Br. The van der Waals surface area contributed by atoms with Crippen molar-refractivity contribution in [3.05, 3.63) is 34.1 Å². The van der Waals surface area contributed by atoms with E-state index in [1.54, 1.807) is 7.11 Å². The molecule has 0 aliphatic rings. The first-order valence-electron chi connectivity index (χ1n) is 5.58. The molecule has 0 fully saturated rings. The number of ether oxygens (including phenoxy) is 1. The van der Waals surface area contributed by atoms with Crippen LogP contribution in [-0.4, -0.2) is 39.3 Å². The molecule has 0 bridgehead atoms. The summed E-state index contributed by atoms with van der Waals surface area (Å²) in [5.74, 6) is -0.602. The van der Waals surface area contributed by atoms with E-state index in [-0.39, 0.29) is 11.7 Å². The molecule has 2 N–H and O–H groups in total. The Kier molecular flexibility index (Phi) is 6.85. The van der Waals surface area contributed by atoms with E-state index >= 15 is 0 Å². The lowest BCUT2D eigenvalue weighted by Gasteiger charge is -2.07. The Morgan fingerprint density at radius 3 is 2.83 bits per heavy atom. The predicted molar refractivity (Wildman–Crippen MR) is 71.2 cm³/mol. The third kappa shape index (κ3) is 5.12.